The number of esters is 1. The maximum atomic E-state index is 12.6. The topological polar surface area (TPSA) is 73.9 Å². The number of alkyl halides is 3. The molecular formula is C8H7F3N2O2. The van der Waals surface area contributed by atoms with E-state index in [0.717, 1.165) is 19.2 Å². The number of carbonyl (C=O) groups is 1. The van der Waals surface area contributed by atoms with Crippen LogP contribution in [-0.2, 0) is 9.53 Å². The van der Waals surface area contributed by atoms with Gasteiger partial charge in [-0.2, -0.15) is 23.7 Å². The third-order valence-electron chi connectivity index (χ3n) is 2.03. The molecule has 0 spiro atoms. The van der Waals surface area contributed by atoms with E-state index >= 15 is 0 Å². The van der Waals surface area contributed by atoms with Crippen LogP contribution < -0.4 is 0 Å². The minimum atomic E-state index is -5.02. The van der Waals surface area contributed by atoms with Gasteiger partial charge >= 0.3 is 12.1 Å². The van der Waals surface area contributed by atoms with Gasteiger partial charge in [-0.1, -0.05) is 0 Å². The van der Waals surface area contributed by atoms with Gasteiger partial charge in [0.05, 0.1) is 19.2 Å². The molecule has 4 nitrogen and oxygen atoms in total. The fourth-order valence-electron chi connectivity index (χ4n) is 0.896. The summed E-state index contributed by atoms with van der Waals surface area (Å²) in [6.07, 6.45) is -5.02. The van der Waals surface area contributed by atoms with Crippen molar-refractivity contribution >= 4 is 5.97 Å². The quantitative estimate of drug-likeness (QED) is 0.659. The largest absolute Gasteiger partial charge is 0.468 e. The van der Waals surface area contributed by atoms with Gasteiger partial charge < -0.3 is 4.74 Å². The molecule has 82 valence electrons. The minimum absolute atomic E-state index is 0.468. The second-order valence-corrected chi connectivity index (χ2v) is 2.88. The average Bonchev–Trinajstić information content (AvgIpc) is 2.16. The van der Waals surface area contributed by atoms with Gasteiger partial charge in [0.2, 0.25) is 0 Å². The Morgan fingerprint density at radius 2 is 1.73 bits per heavy atom. The number of nitriles is 2. The summed E-state index contributed by atoms with van der Waals surface area (Å²) in [7, 11) is 0.762. The van der Waals surface area contributed by atoms with Crippen molar-refractivity contribution in [3.8, 4) is 12.1 Å². The molecule has 0 aromatic heterocycles. The average molecular weight is 220 g/mol. The minimum Gasteiger partial charge on any atom is -0.468 e. The number of ether oxygens (including phenoxy) is 1. The number of halogens is 3. The zero-order valence-electron chi connectivity index (χ0n) is 7.92. The van der Waals surface area contributed by atoms with Crippen LogP contribution in [0, 0.1) is 34.0 Å². The van der Waals surface area contributed by atoms with Gasteiger partial charge in [-0.3, -0.25) is 4.79 Å². The van der Waals surface area contributed by atoms with Crippen molar-refractivity contribution in [2.45, 2.75) is 13.1 Å². The Hall–Kier alpha value is -1.76. The standard InChI is InChI=1S/C8H7F3N2O2/c1-7(6(14)15-2,8(9,10)11)5(3-12)4-13/h5H,1-2H3. The summed E-state index contributed by atoms with van der Waals surface area (Å²) in [5.41, 5.74) is -3.12. The summed E-state index contributed by atoms with van der Waals surface area (Å²) in [6.45, 7) is 0.468. The molecule has 7 heteroatoms. The number of nitrogens with zero attached hydrogens (tertiary/aromatic N) is 2. The fourth-order valence-corrected chi connectivity index (χ4v) is 0.896. The van der Waals surface area contributed by atoms with Gasteiger partial charge in [-0.25, -0.2) is 0 Å². The molecule has 0 radical (unpaired) electrons. The van der Waals surface area contributed by atoms with Crippen LogP contribution in [0.4, 0.5) is 13.2 Å². The van der Waals surface area contributed by atoms with E-state index in [2.05, 4.69) is 4.74 Å². The highest BCUT2D eigenvalue weighted by Gasteiger charge is 2.63. The number of methoxy groups -OCH3 is 1. The van der Waals surface area contributed by atoms with Crippen LogP contribution in [0.15, 0.2) is 0 Å². The molecule has 0 saturated carbocycles. The highest BCUT2D eigenvalue weighted by atomic mass is 19.4. The molecule has 0 aliphatic carbocycles. The lowest BCUT2D eigenvalue weighted by molar-refractivity contribution is -0.233. The molecule has 0 N–H and O–H groups in total. The number of rotatable bonds is 2. The predicted octanol–water partition coefficient (Wildman–Crippen LogP) is 1.39. The predicted molar refractivity (Wildman–Crippen MR) is 40.9 cm³/mol. The monoisotopic (exact) mass is 220 g/mol. The fraction of sp³-hybridized carbons (Fsp3) is 0.625. The molecule has 15 heavy (non-hydrogen) atoms. The Morgan fingerprint density at radius 1 is 1.33 bits per heavy atom. The first-order valence-corrected chi connectivity index (χ1v) is 3.70. The molecule has 0 saturated heterocycles. The van der Waals surface area contributed by atoms with Gasteiger partial charge in [-0.05, 0) is 6.92 Å². The third-order valence-corrected chi connectivity index (χ3v) is 2.03. The lowest BCUT2D eigenvalue weighted by atomic mass is 9.78. The Morgan fingerprint density at radius 3 is 1.93 bits per heavy atom. The number of hydrogen-bond donors (Lipinski definition) is 0. The molecular weight excluding hydrogens is 213 g/mol. The Balaban J connectivity index is 5.54. The molecule has 1 atom stereocenters. The highest BCUT2D eigenvalue weighted by Crippen LogP contribution is 2.44. The Labute approximate surface area is 83.9 Å². The van der Waals surface area contributed by atoms with Crippen molar-refractivity contribution in [1.82, 2.24) is 0 Å². The first-order valence-electron chi connectivity index (χ1n) is 3.70. The smallest absolute Gasteiger partial charge is 0.406 e. The van der Waals surface area contributed by atoms with Gasteiger partial charge in [0.15, 0.2) is 11.3 Å². The normalized spacial score (nSPS) is 14.9. The lowest BCUT2D eigenvalue weighted by Crippen LogP contribution is -2.48. The van der Waals surface area contributed by atoms with Gasteiger partial charge in [0, 0.05) is 0 Å². The summed E-state index contributed by atoms with van der Waals surface area (Å²) in [4.78, 5) is 11.0. The van der Waals surface area contributed by atoms with Gasteiger partial charge in [0.25, 0.3) is 0 Å². The molecule has 0 amide bonds. The second-order valence-electron chi connectivity index (χ2n) is 2.88. The van der Waals surface area contributed by atoms with Crippen molar-refractivity contribution in [3.63, 3.8) is 0 Å². The van der Waals surface area contributed by atoms with Gasteiger partial charge in [0.1, 0.15) is 0 Å². The number of carbonyl (C=O) groups excluding carboxylic acids is 1. The van der Waals surface area contributed by atoms with Crippen molar-refractivity contribution in [2.75, 3.05) is 7.11 Å². The van der Waals surface area contributed by atoms with Crippen LogP contribution in [-0.4, -0.2) is 19.3 Å². The van der Waals surface area contributed by atoms with Crippen molar-refractivity contribution < 1.29 is 22.7 Å². The maximum absolute atomic E-state index is 12.6. The van der Waals surface area contributed by atoms with Crippen LogP contribution in [0.2, 0.25) is 0 Å². The summed E-state index contributed by atoms with van der Waals surface area (Å²) in [6, 6.07) is 2.26. The van der Waals surface area contributed by atoms with E-state index in [1.54, 1.807) is 0 Å². The molecule has 0 bridgehead atoms. The molecule has 0 rings (SSSR count). The summed E-state index contributed by atoms with van der Waals surface area (Å²) < 4.78 is 41.7. The van der Waals surface area contributed by atoms with Crippen molar-refractivity contribution in [3.05, 3.63) is 0 Å². The molecule has 0 aromatic carbocycles. The zero-order valence-corrected chi connectivity index (χ0v) is 7.92. The van der Waals surface area contributed by atoms with E-state index in [9.17, 15) is 18.0 Å². The van der Waals surface area contributed by atoms with Crippen LogP contribution in [0.25, 0.3) is 0 Å². The highest BCUT2D eigenvalue weighted by molar-refractivity contribution is 5.78. The molecule has 0 aliphatic rings. The SMILES string of the molecule is COC(=O)C(C)(C(C#N)C#N)C(F)(F)F. The summed E-state index contributed by atoms with van der Waals surface area (Å²) in [5.74, 6) is -3.78. The molecule has 0 fully saturated rings. The van der Waals surface area contributed by atoms with E-state index < -0.39 is 23.5 Å². The molecule has 0 aliphatic heterocycles. The zero-order chi connectivity index (χ0) is 12.3. The van der Waals surface area contributed by atoms with Crippen molar-refractivity contribution in [1.29, 1.82) is 10.5 Å². The van der Waals surface area contributed by atoms with Crippen LogP contribution in [0.1, 0.15) is 6.92 Å². The van der Waals surface area contributed by atoms with E-state index in [0.29, 0.717) is 6.92 Å². The first kappa shape index (κ1) is 13.2. The lowest BCUT2D eigenvalue weighted by Gasteiger charge is -2.29. The van der Waals surface area contributed by atoms with Gasteiger partial charge in [-0.15, -0.1) is 0 Å². The van der Waals surface area contributed by atoms with Crippen LogP contribution >= 0.6 is 0 Å². The van der Waals surface area contributed by atoms with Crippen molar-refractivity contribution in [2.24, 2.45) is 11.3 Å². The number of hydrogen-bond acceptors (Lipinski definition) is 4. The molecule has 0 aromatic rings. The second kappa shape index (κ2) is 4.18. The maximum Gasteiger partial charge on any atom is 0.406 e. The molecule has 1 unspecified atom stereocenters. The van der Waals surface area contributed by atoms with E-state index in [-0.39, 0.29) is 0 Å². The van der Waals surface area contributed by atoms with E-state index in [4.69, 9.17) is 10.5 Å². The summed E-state index contributed by atoms with van der Waals surface area (Å²) in [5, 5.41) is 16.8. The van der Waals surface area contributed by atoms with Crippen LogP contribution in [0.3, 0.4) is 0 Å². The Kier molecular flexibility index (Phi) is 3.69. The third kappa shape index (κ3) is 2.01. The molecule has 0 heterocycles. The summed E-state index contributed by atoms with van der Waals surface area (Å²) >= 11 is 0. The van der Waals surface area contributed by atoms with E-state index in [1.165, 1.54) is 0 Å². The van der Waals surface area contributed by atoms with E-state index in [1.807, 2.05) is 0 Å². The first-order chi connectivity index (χ1) is 6.75. The van der Waals surface area contributed by atoms with Crippen LogP contribution in [0.5, 0.6) is 0 Å². The Bertz CT molecular complexity index is 325.